The number of benzene rings is 2. The molecule has 0 unspecified atom stereocenters. The van der Waals surface area contributed by atoms with Crippen molar-refractivity contribution in [3.05, 3.63) is 71.4 Å². The average Bonchev–Trinajstić information content (AvgIpc) is 3.11. The largest absolute Gasteiger partial charge is 0.422 e. The molecule has 3 aromatic rings. The van der Waals surface area contributed by atoms with Gasteiger partial charge in [-0.15, -0.1) is 0 Å². The van der Waals surface area contributed by atoms with Crippen LogP contribution in [0.1, 0.15) is 62.7 Å². The smallest absolute Gasteiger partial charge is 0.365 e. The summed E-state index contributed by atoms with van der Waals surface area (Å²) in [5.74, 6) is 0.496. The molecule has 0 saturated carbocycles. The molecule has 0 spiro atoms. The highest BCUT2D eigenvalue weighted by molar-refractivity contribution is 5.90. The summed E-state index contributed by atoms with van der Waals surface area (Å²) in [4.78, 5) is 12.4. The summed E-state index contributed by atoms with van der Waals surface area (Å²) in [6.07, 6.45) is 1.06. The average molecular weight is 392 g/mol. The van der Waals surface area contributed by atoms with E-state index < -0.39 is 5.97 Å². The summed E-state index contributed by atoms with van der Waals surface area (Å²) >= 11 is 0. The number of hydrogen-bond acceptors (Lipinski definition) is 4. The third-order valence-corrected chi connectivity index (χ3v) is 4.87. The second kappa shape index (κ2) is 7.86. The minimum atomic E-state index is -0.534. The number of carbonyl (C=O) groups excluding carboxylic acids is 1. The van der Waals surface area contributed by atoms with Crippen molar-refractivity contribution in [3.63, 3.8) is 0 Å². The number of aryl methyl sites for hydroxylation is 1. The van der Waals surface area contributed by atoms with Crippen molar-refractivity contribution in [2.75, 3.05) is 0 Å². The monoisotopic (exact) mass is 391 g/mol. The first-order chi connectivity index (χ1) is 13.5. The van der Waals surface area contributed by atoms with Crippen LogP contribution in [0.5, 0.6) is 5.75 Å². The fraction of sp³-hybridized carbons (Fsp3) is 0.360. The molecule has 1 aromatic heterocycles. The maximum atomic E-state index is 12.4. The van der Waals surface area contributed by atoms with E-state index in [1.54, 1.807) is 6.07 Å². The number of ether oxygens (including phenoxy) is 1. The van der Waals surface area contributed by atoms with E-state index in [4.69, 9.17) is 9.26 Å². The molecule has 4 nitrogen and oxygen atoms in total. The minimum absolute atomic E-state index is 0.0375. The van der Waals surface area contributed by atoms with Gasteiger partial charge < -0.3 is 9.26 Å². The van der Waals surface area contributed by atoms with Crippen molar-refractivity contribution in [2.24, 2.45) is 5.41 Å². The summed E-state index contributed by atoms with van der Waals surface area (Å²) in [5.41, 5.74) is 3.66. The van der Waals surface area contributed by atoms with E-state index in [0.717, 1.165) is 17.5 Å². The van der Waals surface area contributed by atoms with Crippen LogP contribution >= 0.6 is 0 Å². The van der Waals surface area contributed by atoms with Crippen LogP contribution in [0.15, 0.2) is 59.1 Å². The van der Waals surface area contributed by atoms with E-state index in [1.165, 1.54) is 5.56 Å². The van der Waals surface area contributed by atoms with Gasteiger partial charge in [-0.2, -0.15) is 0 Å². The summed E-state index contributed by atoms with van der Waals surface area (Å²) < 4.78 is 10.8. The Labute approximate surface area is 172 Å². The second-order valence-electron chi connectivity index (χ2n) is 9.48. The van der Waals surface area contributed by atoms with Crippen molar-refractivity contribution in [1.82, 2.24) is 5.16 Å². The standard InChI is InChI=1S/C25H29NO3/c1-17-7-9-18(10-8-17)22-15-21(26-29-22)23(27)28-20-13-11-19(12-14-20)25(5,6)16-24(2,3)4/h7-15H,16H2,1-6H3. The van der Waals surface area contributed by atoms with Crippen molar-refractivity contribution in [2.45, 2.75) is 53.4 Å². The maximum Gasteiger partial charge on any atom is 0.365 e. The van der Waals surface area contributed by atoms with Crippen LogP contribution in [0.3, 0.4) is 0 Å². The molecule has 0 aliphatic rings. The SMILES string of the molecule is Cc1ccc(-c2cc(C(=O)Oc3ccc(C(C)(C)CC(C)(C)C)cc3)no2)cc1. The highest BCUT2D eigenvalue weighted by atomic mass is 16.5. The van der Waals surface area contributed by atoms with Crippen LogP contribution in [-0.2, 0) is 5.41 Å². The predicted molar refractivity (Wildman–Crippen MR) is 115 cm³/mol. The highest BCUT2D eigenvalue weighted by Gasteiger charge is 2.27. The van der Waals surface area contributed by atoms with E-state index in [1.807, 2.05) is 55.5 Å². The summed E-state index contributed by atoms with van der Waals surface area (Å²) in [7, 11) is 0. The summed E-state index contributed by atoms with van der Waals surface area (Å²) in [5, 5.41) is 3.86. The van der Waals surface area contributed by atoms with E-state index in [0.29, 0.717) is 11.5 Å². The molecule has 0 aliphatic carbocycles. The first-order valence-corrected chi connectivity index (χ1v) is 9.90. The van der Waals surface area contributed by atoms with Gasteiger partial charge in [-0.3, -0.25) is 0 Å². The van der Waals surface area contributed by atoms with Crippen LogP contribution in [0.2, 0.25) is 0 Å². The van der Waals surface area contributed by atoms with Crippen molar-refractivity contribution in [1.29, 1.82) is 0 Å². The Balaban J connectivity index is 1.69. The van der Waals surface area contributed by atoms with Gasteiger partial charge in [0.05, 0.1) is 0 Å². The first-order valence-electron chi connectivity index (χ1n) is 9.90. The fourth-order valence-electron chi connectivity index (χ4n) is 3.79. The van der Waals surface area contributed by atoms with E-state index in [2.05, 4.69) is 39.8 Å². The number of nitrogens with zero attached hydrogens (tertiary/aromatic N) is 1. The van der Waals surface area contributed by atoms with Crippen LogP contribution in [0.4, 0.5) is 0 Å². The molecule has 0 radical (unpaired) electrons. The van der Waals surface area contributed by atoms with Crippen LogP contribution < -0.4 is 4.74 Å². The topological polar surface area (TPSA) is 52.3 Å². The predicted octanol–water partition coefficient (Wildman–Crippen LogP) is 6.58. The Hall–Kier alpha value is -2.88. The third-order valence-electron chi connectivity index (χ3n) is 4.87. The molecule has 4 heteroatoms. The van der Waals surface area contributed by atoms with Crippen LogP contribution in [-0.4, -0.2) is 11.1 Å². The molecule has 2 aromatic carbocycles. The first kappa shape index (κ1) is 20.8. The zero-order valence-electron chi connectivity index (χ0n) is 18.1. The Morgan fingerprint density at radius 1 is 0.966 bits per heavy atom. The molecule has 29 heavy (non-hydrogen) atoms. The van der Waals surface area contributed by atoms with Gasteiger partial charge in [0.1, 0.15) is 5.75 Å². The zero-order chi connectivity index (χ0) is 21.2. The number of aromatic nitrogens is 1. The lowest BCUT2D eigenvalue weighted by molar-refractivity contribution is 0.0724. The fourth-order valence-corrected chi connectivity index (χ4v) is 3.79. The lowest BCUT2D eigenvalue weighted by Gasteiger charge is -2.33. The minimum Gasteiger partial charge on any atom is -0.422 e. The van der Waals surface area contributed by atoms with Crippen LogP contribution in [0.25, 0.3) is 11.3 Å². The molecule has 0 atom stereocenters. The van der Waals surface area contributed by atoms with E-state index in [9.17, 15) is 4.79 Å². The third kappa shape index (κ3) is 5.35. The normalized spacial score (nSPS) is 12.1. The molecule has 0 N–H and O–H groups in total. The molecule has 3 rings (SSSR count). The van der Waals surface area contributed by atoms with Crippen molar-refractivity contribution < 1.29 is 14.1 Å². The van der Waals surface area contributed by atoms with Crippen molar-refractivity contribution in [3.8, 4) is 17.1 Å². The lowest BCUT2D eigenvalue weighted by atomic mass is 9.72. The van der Waals surface area contributed by atoms with Gasteiger partial charge in [-0.05, 0) is 41.9 Å². The molecule has 0 fully saturated rings. The number of rotatable bonds is 5. The molecule has 0 amide bonds. The number of hydrogen-bond donors (Lipinski definition) is 0. The zero-order valence-corrected chi connectivity index (χ0v) is 18.1. The van der Waals surface area contributed by atoms with Gasteiger partial charge >= 0.3 is 5.97 Å². The molecule has 0 saturated heterocycles. The Morgan fingerprint density at radius 2 is 1.59 bits per heavy atom. The molecular formula is C25H29NO3. The van der Waals surface area contributed by atoms with Gasteiger partial charge in [0.2, 0.25) is 0 Å². The lowest BCUT2D eigenvalue weighted by Crippen LogP contribution is -2.24. The number of esters is 1. The molecule has 0 bridgehead atoms. The van der Waals surface area contributed by atoms with Gasteiger partial charge in [0.25, 0.3) is 0 Å². The molecule has 152 valence electrons. The highest BCUT2D eigenvalue weighted by Crippen LogP contribution is 2.36. The van der Waals surface area contributed by atoms with E-state index >= 15 is 0 Å². The van der Waals surface area contributed by atoms with Gasteiger partial charge in [-0.1, -0.05) is 81.7 Å². The van der Waals surface area contributed by atoms with Gasteiger partial charge in [-0.25, -0.2) is 4.79 Å². The summed E-state index contributed by atoms with van der Waals surface area (Å²) in [6.45, 7) is 13.2. The maximum absolute atomic E-state index is 12.4. The van der Waals surface area contributed by atoms with Crippen LogP contribution in [0, 0.1) is 12.3 Å². The number of carbonyl (C=O) groups is 1. The summed E-state index contributed by atoms with van der Waals surface area (Å²) in [6, 6.07) is 17.2. The quantitative estimate of drug-likeness (QED) is 0.364. The Bertz CT molecular complexity index is 974. The Kier molecular flexibility index (Phi) is 5.65. The van der Waals surface area contributed by atoms with Gasteiger partial charge in [0.15, 0.2) is 11.5 Å². The molecule has 0 aliphatic heterocycles. The Morgan fingerprint density at radius 3 is 2.17 bits per heavy atom. The van der Waals surface area contributed by atoms with E-state index in [-0.39, 0.29) is 16.5 Å². The van der Waals surface area contributed by atoms with Crippen molar-refractivity contribution >= 4 is 5.97 Å². The van der Waals surface area contributed by atoms with Gasteiger partial charge in [0, 0.05) is 11.6 Å². The molecule has 1 heterocycles. The molecular weight excluding hydrogens is 362 g/mol. The second-order valence-corrected chi connectivity index (χ2v) is 9.48.